The molecule has 0 atom stereocenters. The van der Waals surface area contributed by atoms with Crippen LogP contribution in [0.5, 0.6) is 0 Å². The maximum atomic E-state index is 11.7. The fourth-order valence-corrected chi connectivity index (χ4v) is 1.31. The SMILES string of the molecule is Cc1cc(NC(=O)c2ccc(=O)oc2)ccn1. The molecule has 0 aliphatic carbocycles. The Labute approximate surface area is 97.1 Å². The highest BCUT2D eigenvalue weighted by atomic mass is 16.4. The molecular formula is C12H10N2O3. The largest absolute Gasteiger partial charge is 0.430 e. The van der Waals surface area contributed by atoms with Crippen molar-refractivity contribution >= 4 is 11.6 Å². The average Bonchev–Trinajstić information content (AvgIpc) is 2.29. The molecule has 1 N–H and O–H groups in total. The minimum absolute atomic E-state index is 0.291. The summed E-state index contributed by atoms with van der Waals surface area (Å²) in [5.41, 5.74) is 1.26. The normalized spacial score (nSPS) is 9.94. The zero-order chi connectivity index (χ0) is 12.3. The van der Waals surface area contributed by atoms with Crippen LogP contribution in [0, 0.1) is 6.92 Å². The second-order valence-electron chi connectivity index (χ2n) is 3.48. The molecule has 0 radical (unpaired) electrons. The highest BCUT2D eigenvalue weighted by Gasteiger charge is 2.06. The molecule has 0 saturated heterocycles. The fraction of sp³-hybridized carbons (Fsp3) is 0.0833. The Morgan fingerprint density at radius 1 is 1.35 bits per heavy atom. The molecule has 86 valence electrons. The summed E-state index contributed by atoms with van der Waals surface area (Å²) in [5, 5.41) is 2.68. The van der Waals surface area contributed by atoms with Crippen LogP contribution >= 0.6 is 0 Å². The monoisotopic (exact) mass is 230 g/mol. The summed E-state index contributed by atoms with van der Waals surface area (Å²) in [6.07, 6.45) is 2.74. The van der Waals surface area contributed by atoms with Gasteiger partial charge in [0.2, 0.25) is 0 Å². The van der Waals surface area contributed by atoms with Crippen molar-refractivity contribution in [2.24, 2.45) is 0 Å². The average molecular weight is 230 g/mol. The predicted molar refractivity (Wildman–Crippen MR) is 61.9 cm³/mol. The number of nitrogens with one attached hydrogen (secondary N) is 1. The lowest BCUT2D eigenvalue weighted by atomic mass is 10.2. The van der Waals surface area contributed by atoms with Gasteiger partial charge in [0.15, 0.2) is 0 Å². The van der Waals surface area contributed by atoms with E-state index in [2.05, 4.69) is 14.7 Å². The maximum absolute atomic E-state index is 11.7. The Balaban J connectivity index is 2.17. The molecule has 0 bridgehead atoms. The number of nitrogens with zero attached hydrogens (tertiary/aromatic N) is 1. The van der Waals surface area contributed by atoms with Crippen LogP contribution in [-0.4, -0.2) is 10.9 Å². The van der Waals surface area contributed by atoms with Gasteiger partial charge in [-0.15, -0.1) is 0 Å². The molecule has 2 rings (SSSR count). The Bertz CT molecular complexity index is 584. The van der Waals surface area contributed by atoms with Crippen LogP contribution < -0.4 is 10.9 Å². The van der Waals surface area contributed by atoms with Gasteiger partial charge in [0.05, 0.1) is 5.56 Å². The van der Waals surface area contributed by atoms with Crippen LogP contribution in [0.3, 0.4) is 0 Å². The Morgan fingerprint density at radius 3 is 2.82 bits per heavy atom. The molecule has 5 nitrogen and oxygen atoms in total. The zero-order valence-corrected chi connectivity index (χ0v) is 9.14. The molecule has 2 aromatic heterocycles. The second kappa shape index (κ2) is 4.61. The van der Waals surface area contributed by atoms with Crippen LogP contribution in [0.1, 0.15) is 16.1 Å². The molecule has 2 aromatic rings. The molecular weight excluding hydrogens is 220 g/mol. The Morgan fingerprint density at radius 2 is 2.18 bits per heavy atom. The van der Waals surface area contributed by atoms with Gasteiger partial charge >= 0.3 is 5.63 Å². The topological polar surface area (TPSA) is 72.2 Å². The first-order valence-electron chi connectivity index (χ1n) is 4.98. The summed E-state index contributed by atoms with van der Waals surface area (Å²) >= 11 is 0. The quantitative estimate of drug-likeness (QED) is 0.850. The first kappa shape index (κ1) is 11.1. The number of aryl methyl sites for hydroxylation is 1. The molecule has 1 amide bonds. The molecule has 5 heteroatoms. The lowest BCUT2D eigenvalue weighted by Crippen LogP contribution is -2.13. The van der Waals surface area contributed by atoms with Crippen LogP contribution in [0.25, 0.3) is 0 Å². The summed E-state index contributed by atoms with van der Waals surface area (Å²) in [6, 6.07) is 6.04. The highest BCUT2D eigenvalue weighted by molar-refractivity contribution is 6.03. The Hall–Kier alpha value is -2.43. The van der Waals surface area contributed by atoms with Crippen LogP contribution in [-0.2, 0) is 0 Å². The van der Waals surface area contributed by atoms with Crippen molar-refractivity contribution in [1.29, 1.82) is 0 Å². The summed E-state index contributed by atoms with van der Waals surface area (Å²) < 4.78 is 4.61. The van der Waals surface area contributed by atoms with Crippen LogP contribution in [0.15, 0.2) is 45.9 Å². The van der Waals surface area contributed by atoms with Crippen molar-refractivity contribution < 1.29 is 9.21 Å². The molecule has 0 spiro atoms. The molecule has 0 unspecified atom stereocenters. The van der Waals surface area contributed by atoms with E-state index < -0.39 is 5.63 Å². The zero-order valence-electron chi connectivity index (χ0n) is 9.14. The summed E-state index contributed by atoms with van der Waals surface area (Å²) in [7, 11) is 0. The third-order valence-electron chi connectivity index (χ3n) is 2.12. The lowest BCUT2D eigenvalue weighted by molar-refractivity contribution is 0.102. The number of anilines is 1. The lowest BCUT2D eigenvalue weighted by Gasteiger charge is -2.04. The number of pyridine rings is 1. The van der Waals surface area contributed by atoms with Gasteiger partial charge in [0, 0.05) is 23.6 Å². The van der Waals surface area contributed by atoms with E-state index in [-0.39, 0.29) is 5.91 Å². The fourth-order valence-electron chi connectivity index (χ4n) is 1.31. The van der Waals surface area contributed by atoms with E-state index in [0.29, 0.717) is 11.3 Å². The number of rotatable bonds is 2. The van der Waals surface area contributed by atoms with Crippen molar-refractivity contribution in [2.45, 2.75) is 6.92 Å². The third kappa shape index (κ3) is 2.78. The first-order chi connectivity index (χ1) is 8.15. The summed E-state index contributed by atoms with van der Waals surface area (Å²) in [6.45, 7) is 1.83. The van der Waals surface area contributed by atoms with Crippen molar-refractivity contribution in [3.8, 4) is 0 Å². The third-order valence-corrected chi connectivity index (χ3v) is 2.12. The van der Waals surface area contributed by atoms with Gasteiger partial charge < -0.3 is 9.73 Å². The van der Waals surface area contributed by atoms with Gasteiger partial charge in [-0.25, -0.2) is 4.79 Å². The molecule has 0 saturated carbocycles. The van der Waals surface area contributed by atoms with Crippen molar-refractivity contribution in [3.63, 3.8) is 0 Å². The molecule has 0 aliphatic rings. The van der Waals surface area contributed by atoms with Crippen molar-refractivity contribution in [3.05, 3.63) is 58.4 Å². The summed E-state index contributed by atoms with van der Waals surface area (Å²) in [4.78, 5) is 26.5. The summed E-state index contributed by atoms with van der Waals surface area (Å²) in [5.74, 6) is -0.334. The Kier molecular flexibility index (Phi) is 3.00. The smallest absolute Gasteiger partial charge is 0.335 e. The number of hydrogen-bond acceptors (Lipinski definition) is 4. The van der Waals surface area contributed by atoms with E-state index in [9.17, 15) is 9.59 Å². The van der Waals surface area contributed by atoms with Gasteiger partial charge in [-0.05, 0) is 25.1 Å². The van der Waals surface area contributed by atoms with E-state index in [4.69, 9.17) is 0 Å². The standard InChI is InChI=1S/C12H10N2O3/c1-8-6-10(4-5-13-8)14-12(16)9-2-3-11(15)17-7-9/h2-7H,1H3,(H,13,14,16). The molecule has 0 aliphatic heterocycles. The van der Waals surface area contributed by atoms with Crippen molar-refractivity contribution in [2.75, 3.05) is 5.32 Å². The number of carbonyl (C=O) groups excluding carboxylic acids is 1. The highest BCUT2D eigenvalue weighted by Crippen LogP contribution is 2.09. The maximum Gasteiger partial charge on any atom is 0.335 e. The molecule has 0 aromatic carbocycles. The minimum Gasteiger partial charge on any atom is -0.430 e. The van der Waals surface area contributed by atoms with Gasteiger partial charge in [0.1, 0.15) is 6.26 Å². The van der Waals surface area contributed by atoms with Gasteiger partial charge in [-0.1, -0.05) is 0 Å². The molecule has 17 heavy (non-hydrogen) atoms. The van der Waals surface area contributed by atoms with Crippen LogP contribution in [0.2, 0.25) is 0 Å². The predicted octanol–water partition coefficient (Wildman–Crippen LogP) is 1.60. The molecule has 0 fully saturated rings. The first-order valence-corrected chi connectivity index (χ1v) is 4.98. The van der Waals surface area contributed by atoms with E-state index in [1.54, 1.807) is 18.3 Å². The van der Waals surface area contributed by atoms with E-state index >= 15 is 0 Å². The number of hydrogen-bond donors (Lipinski definition) is 1. The van der Waals surface area contributed by atoms with E-state index in [1.165, 1.54) is 12.1 Å². The second-order valence-corrected chi connectivity index (χ2v) is 3.48. The number of carbonyl (C=O) groups is 1. The number of amides is 1. The van der Waals surface area contributed by atoms with Crippen LogP contribution in [0.4, 0.5) is 5.69 Å². The van der Waals surface area contributed by atoms with Gasteiger partial charge in [0.25, 0.3) is 5.91 Å². The van der Waals surface area contributed by atoms with Crippen molar-refractivity contribution in [1.82, 2.24) is 4.98 Å². The van der Waals surface area contributed by atoms with E-state index in [1.807, 2.05) is 6.92 Å². The number of aromatic nitrogens is 1. The van der Waals surface area contributed by atoms with Gasteiger partial charge in [-0.2, -0.15) is 0 Å². The molecule has 2 heterocycles. The minimum atomic E-state index is -0.485. The van der Waals surface area contributed by atoms with E-state index in [0.717, 1.165) is 12.0 Å². The van der Waals surface area contributed by atoms with Gasteiger partial charge in [-0.3, -0.25) is 9.78 Å².